The van der Waals surface area contributed by atoms with Crippen LogP contribution in [0.25, 0.3) is 0 Å². The fourth-order valence-corrected chi connectivity index (χ4v) is 2.54. The highest BCUT2D eigenvalue weighted by Crippen LogP contribution is 2.27. The number of rotatable bonds is 7. The van der Waals surface area contributed by atoms with Crippen LogP contribution < -0.4 is 10.1 Å². The highest BCUT2D eigenvalue weighted by molar-refractivity contribution is 5.31. The molecule has 1 fully saturated rings. The molecule has 1 aromatic rings. The zero-order chi connectivity index (χ0) is 15.1. The third-order valence-electron chi connectivity index (χ3n) is 4.54. The highest BCUT2D eigenvalue weighted by Gasteiger charge is 2.17. The Morgan fingerprint density at radius 2 is 1.86 bits per heavy atom. The largest absolute Gasteiger partial charge is 0.492 e. The van der Waals surface area contributed by atoms with Gasteiger partial charge in [-0.25, -0.2) is 0 Å². The summed E-state index contributed by atoms with van der Waals surface area (Å²) in [5.41, 5.74) is 1.61. The van der Waals surface area contributed by atoms with E-state index in [0.29, 0.717) is 12.6 Å². The fourth-order valence-electron chi connectivity index (χ4n) is 2.54. The van der Waals surface area contributed by atoms with Gasteiger partial charge in [-0.05, 0) is 42.4 Å². The summed E-state index contributed by atoms with van der Waals surface area (Å²) in [4.78, 5) is 0. The van der Waals surface area contributed by atoms with E-state index in [9.17, 15) is 0 Å². The van der Waals surface area contributed by atoms with Crippen molar-refractivity contribution in [1.82, 2.24) is 5.32 Å². The zero-order valence-corrected chi connectivity index (χ0v) is 13.7. The molecule has 0 unspecified atom stereocenters. The average molecular weight is 291 g/mol. The average Bonchev–Trinajstić information content (AvgIpc) is 2.53. The molecule has 3 nitrogen and oxygen atoms in total. The van der Waals surface area contributed by atoms with Crippen LogP contribution in [0.15, 0.2) is 24.3 Å². The smallest absolute Gasteiger partial charge is 0.119 e. The van der Waals surface area contributed by atoms with Crippen molar-refractivity contribution in [3.8, 4) is 5.75 Å². The van der Waals surface area contributed by atoms with E-state index in [2.05, 4.69) is 50.4 Å². The summed E-state index contributed by atoms with van der Waals surface area (Å²) < 4.78 is 11.2. The van der Waals surface area contributed by atoms with E-state index in [1.54, 1.807) is 0 Å². The predicted molar refractivity (Wildman–Crippen MR) is 87.1 cm³/mol. The predicted octanol–water partition coefficient (Wildman–Crippen LogP) is 3.52. The third kappa shape index (κ3) is 5.01. The molecule has 21 heavy (non-hydrogen) atoms. The van der Waals surface area contributed by atoms with Crippen molar-refractivity contribution in [2.24, 2.45) is 0 Å². The van der Waals surface area contributed by atoms with Crippen LogP contribution in [0, 0.1) is 0 Å². The Bertz CT molecular complexity index is 408. The SMILES string of the molecule is CCC(C)(C)c1ccc(OCCNC2CCOCC2)cc1. The van der Waals surface area contributed by atoms with Gasteiger partial charge in [0.15, 0.2) is 0 Å². The molecule has 0 aliphatic carbocycles. The molecule has 0 spiro atoms. The van der Waals surface area contributed by atoms with Gasteiger partial charge < -0.3 is 14.8 Å². The van der Waals surface area contributed by atoms with Gasteiger partial charge in [-0.3, -0.25) is 0 Å². The van der Waals surface area contributed by atoms with Crippen molar-refractivity contribution in [3.05, 3.63) is 29.8 Å². The summed E-state index contributed by atoms with van der Waals surface area (Å²) in [6.07, 6.45) is 3.36. The van der Waals surface area contributed by atoms with Gasteiger partial charge >= 0.3 is 0 Å². The fraction of sp³-hybridized carbons (Fsp3) is 0.667. The summed E-state index contributed by atoms with van der Waals surface area (Å²) in [7, 11) is 0. The maximum atomic E-state index is 5.80. The molecule has 1 N–H and O–H groups in total. The highest BCUT2D eigenvalue weighted by atomic mass is 16.5. The molecule has 1 aliphatic rings. The Labute approximate surface area is 129 Å². The summed E-state index contributed by atoms with van der Waals surface area (Å²) in [5.74, 6) is 0.958. The van der Waals surface area contributed by atoms with Crippen LogP contribution in [0.5, 0.6) is 5.75 Å². The minimum atomic E-state index is 0.239. The van der Waals surface area contributed by atoms with Gasteiger partial charge in [0.05, 0.1) is 0 Å². The maximum Gasteiger partial charge on any atom is 0.119 e. The van der Waals surface area contributed by atoms with Gasteiger partial charge in [0.2, 0.25) is 0 Å². The van der Waals surface area contributed by atoms with Gasteiger partial charge in [0, 0.05) is 25.8 Å². The lowest BCUT2D eigenvalue weighted by atomic mass is 9.82. The molecule has 0 amide bonds. The first-order valence-corrected chi connectivity index (χ1v) is 8.16. The molecule has 0 saturated carbocycles. The Balaban J connectivity index is 1.71. The lowest BCUT2D eigenvalue weighted by molar-refractivity contribution is 0.0770. The summed E-state index contributed by atoms with van der Waals surface area (Å²) in [6, 6.07) is 9.13. The van der Waals surface area contributed by atoms with Crippen LogP contribution in [-0.2, 0) is 10.2 Å². The van der Waals surface area contributed by atoms with E-state index in [-0.39, 0.29) is 5.41 Å². The van der Waals surface area contributed by atoms with E-state index in [4.69, 9.17) is 9.47 Å². The molecule has 1 aliphatic heterocycles. The van der Waals surface area contributed by atoms with Crippen LogP contribution in [0.2, 0.25) is 0 Å². The zero-order valence-electron chi connectivity index (χ0n) is 13.7. The number of hydrogen-bond acceptors (Lipinski definition) is 3. The molecule has 0 atom stereocenters. The van der Waals surface area contributed by atoms with Crippen LogP contribution in [0.1, 0.15) is 45.6 Å². The van der Waals surface area contributed by atoms with Crippen LogP contribution in [-0.4, -0.2) is 32.4 Å². The first-order valence-electron chi connectivity index (χ1n) is 8.16. The van der Waals surface area contributed by atoms with Gasteiger partial charge in [-0.2, -0.15) is 0 Å². The normalized spacial score (nSPS) is 16.9. The Morgan fingerprint density at radius 3 is 2.48 bits per heavy atom. The van der Waals surface area contributed by atoms with Crippen LogP contribution in [0.4, 0.5) is 0 Å². The molecule has 0 bridgehead atoms. The van der Waals surface area contributed by atoms with E-state index in [1.807, 2.05) is 0 Å². The number of hydrogen-bond donors (Lipinski definition) is 1. The Kier molecular flexibility index (Phi) is 6.07. The summed E-state index contributed by atoms with van der Waals surface area (Å²) in [5, 5.41) is 3.53. The van der Waals surface area contributed by atoms with Crippen molar-refractivity contribution in [3.63, 3.8) is 0 Å². The number of benzene rings is 1. The molecule has 1 saturated heterocycles. The Hall–Kier alpha value is -1.06. The first kappa shape index (κ1) is 16.3. The third-order valence-corrected chi connectivity index (χ3v) is 4.54. The Morgan fingerprint density at radius 1 is 1.19 bits per heavy atom. The first-order chi connectivity index (χ1) is 10.1. The van der Waals surface area contributed by atoms with Crippen molar-refractivity contribution < 1.29 is 9.47 Å². The van der Waals surface area contributed by atoms with E-state index in [0.717, 1.165) is 44.8 Å². The molecule has 0 radical (unpaired) electrons. The number of ether oxygens (including phenoxy) is 2. The molecule has 2 rings (SSSR count). The van der Waals surface area contributed by atoms with Gasteiger partial charge in [0.1, 0.15) is 12.4 Å². The second-order valence-electron chi connectivity index (χ2n) is 6.45. The minimum absolute atomic E-state index is 0.239. The molecule has 118 valence electrons. The molecular formula is C18H29NO2. The van der Waals surface area contributed by atoms with Crippen molar-refractivity contribution >= 4 is 0 Å². The molecule has 1 aromatic carbocycles. The molecular weight excluding hydrogens is 262 g/mol. The monoisotopic (exact) mass is 291 g/mol. The van der Waals surface area contributed by atoms with Crippen LogP contribution in [0.3, 0.4) is 0 Å². The van der Waals surface area contributed by atoms with E-state index in [1.165, 1.54) is 5.56 Å². The van der Waals surface area contributed by atoms with Gasteiger partial charge in [-0.1, -0.05) is 32.9 Å². The van der Waals surface area contributed by atoms with E-state index < -0.39 is 0 Å². The molecule has 1 heterocycles. The van der Waals surface area contributed by atoms with Crippen LogP contribution >= 0.6 is 0 Å². The van der Waals surface area contributed by atoms with Crippen molar-refractivity contribution in [2.45, 2.75) is 51.5 Å². The quantitative estimate of drug-likeness (QED) is 0.780. The van der Waals surface area contributed by atoms with Crippen molar-refractivity contribution in [2.75, 3.05) is 26.4 Å². The number of nitrogens with one attached hydrogen (secondary N) is 1. The van der Waals surface area contributed by atoms with Gasteiger partial charge in [0.25, 0.3) is 0 Å². The lowest BCUT2D eigenvalue weighted by Gasteiger charge is -2.24. The van der Waals surface area contributed by atoms with Crippen molar-refractivity contribution in [1.29, 1.82) is 0 Å². The second kappa shape index (κ2) is 7.81. The molecule has 3 heteroatoms. The topological polar surface area (TPSA) is 30.5 Å². The minimum Gasteiger partial charge on any atom is -0.492 e. The second-order valence-corrected chi connectivity index (χ2v) is 6.45. The van der Waals surface area contributed by atoms with E-state index >= 15 is 0 Å². The summed E-state index contributed by atoms with van der Waals surface area (Å²) in [6.45, 7) is 10.2. The van der Waals surface area contributed by atoms with Gasteiger partial charge in [-0.15, -0.1) is 0 Å². The summed E-state index contributed by atoms with van der Waals surface area (Å²) >= 11 is 0. The standard InChI is InChI=1S/C18H29NO2/c1-4-18(2,3)15-5-7-17(8-6-15)21-14-11-19-16-9-12-20-13-10-16/h5-8,16,19H,4,9-14H2,1-3H3. The molecule has 0 aromatic heterocycles. The maximum absolute atomic E-state index is 5.80. The lowest BCUT2D eigenvalue weighted by Crippen LogP contribution is -2.37.